The minimum Gasteiger partial charge on any atom is -0.384 e. The van der Waals surface area contributed by atoms with E-state index in [1.807, 2.05) is 12.1 Å². The fraction of sp³-hybridized carbons (Fsp3) is 0.409. The summed E-state index contributed by atoms with van der Waals surface area (Å²) in [6, 6.07) is 5.40. The molecule has 2 aromatic rings. The van der Waals surface area contributed by atoms with E-state index in [2.05, 4.69) is 39.3 Å². The van der Waals surface area contributed by atoms with Crippen molar-refractivity contribution in [3.8, 4) is 0 Å². The van der Waals surface area contributed by atoms with Crippen LogP contribution < -0.4 is 17.0 Å². The van der Waals surface area contributed by atoms with Crippen molar-refractivity contribution in [2.75, 3.05) is 5.73 Å². The third kappa shape index (κ3) is 4.01. The molecule has 1 fully saturated rings. The Labute approximate surface area is 163 Å². The minimum absolute atomic E-state index is 0.199. The summed E-state index contributed by atoms with van der Waals surface area (Å²) in [4.78, 5) is 34.1. The van der Waals surface area contributed by atoms with Gasteiger partial charge in [-0.3, -0.25) is 9.78 Å². The van der Waals surface area contributed by atoms with Gasteiger partial charge in [-0.15, -0.1) is 0 Å². The Hall–Kier alpha value is -2.89. The highest BCUT2D eigenvalue weighted by molar-refractivity contribution is 5.32. The highest BCUT2D eigenvalue weighted by Crippen LogP contribution is 2.40. The number of aromatic amines is 2. The van der Waals surface area contributed by atoms with Crippen molar-refractivity contribution in [3.63, 3.8) is 0 Å². The van der Waals surface area contributed by atoms with E-state index in [0.717, 1.165) is 43.5 Å². The van der Waals surface area contributed by atoms with Gasteiger partial charge in [-0.25, -0.2) is 9.78 Å². The number of aromatic nitrogens is 3. The number of hydrogen-bond acceptors (Lipinski definition) is 4. The van der Waals surface area contributed by atoms with E-state index in [1.54, 1.807) is 6.07 Å². The van der Waals surface area contributed by atoms with Crippen LogP contribution in [0.4, 0.5) is 5.82 Å². The van der Waals surface area contributed by atoms with E-state index in [9.17, 15) is 9.59 Å². The third-order valence-electron chi connectivity index (χ3n) is 6.06. The summed E-state index contributed by atoms with van der Waals surface area (Å²) in [5.74, 6) is 1.91. The molecule has 0 aromatic carbocycles. The first-order valence-corrected chi connectivity index (χ1v) is 10.0. The SMILES string of the molecule is Nc1cccc(Cc2c(=O)[nH]c(=O)[nH]c2[C@H]2CC[C@H](C3C=CC=CC3)CC2)n1. The molecule has 1 saturated carbocycles. The molecule has 28 heavy (non-hydrogen) atoms. The van der Waals surface area contributed by atoms with Crippen molar-refractivity contribution in [1.82, 2.24) is 15.0 Å². The molecule has 0 bridgehead atoms. The lowest BCUT2D eigenvalue weighted by Gasteiger charge is -2.33. The Balaban J connectivity index is 1.56. The fourth-order valence-electron chi connectivity index (χ4n) is 4.62. The van der Waals surface area contributed by atoms with E-state index in [4.69, 9.17) is 5.73 Å². The maximum absolute atomic E-state index is 12.6. The predicted octanol–water partition coefficient (Wildman–Crippen LogP) is 3.04. The van der Waals surface area contributed by atoms with Crippen molar-refractivity contribution >= 4 is 5.82 Å². The van der Waals surface area contributed by atoms with Gasteiger partial charge < -0.3 is 10.7 Å². The summed E-state index contributed by atoms with van der Waals surface area (Å²) >= 11 is 0. The standard InChI is InChI=1S/C22H26N4O2/c23-19-8-4-7-17(24-19)13-18-20(25-22(28)26-21(18)27)16-11-9-15(10-12-16)14-5-2-1-3-6-14/h1-5,7-8,14-16H,6,9-13H2,(H2,23,24)(H2,25,26,27,28)/t14?,15-,16-. The second kappa shape index (κ2) is 8.00. The number of nitrogens with zero attached hydrogens (tertiary/aromatic N) is 1. The first kappa shape index (κ1) is 18.5. The van der Waals surface area contributed by atoms with Gasteiger partial charge in [0.2, 0.25) is 0 Å². The van der Waals surface area contributed by atoms with E-state index in [-0.39, 0.29) is 11.5 Å². The van der Waals surface area contributed by atoms with E-state index in [0.29, 0.717) is 29.6 Å². The Kier molecular flexibility index (Phi) is 5.28. The normalized spacial score (nSPS) is 24.4. The van der Waals surface area contributed by atoms with E-state index in [1.165, 1.54) is 0 Å². The average Bonchev–Trinajstić information content (AvgIpc) is 2.71. The maximum atomic E-state index is 12.6. The molecular formula is C22H26N4O2. The lowest BCUT2D eigenvalue weighted by atomic mass is 9.72. The lowest BCUT2D eigenvalue weighted by Crippen LogP contribution is -2.31. The summed E-state index contributed by atoms with van der Waals surface area (Å²) in [6.07, 6.45) is 14.5. The number of allylic oxidation sites excluding steroid dienone is 4. The van der Waals surface area contributed by atoms with Crippen LogP contribution in [0.1, 0.15) is 55.0 Å². The molecule has 0 radical (unpaired) electrons. The Morgan fingerprint density at radius 1 is 1.07 bits per heavy atom. The molecule has 6 heteroatoms. The quantitative estimate of drug-likeness (QED) is 0.760. The predicted molar refractivity (Wildman–Crippen MR) is 110 cm³/mol. The Morgan fingerprint density at radius 3 is 2.61 bits per heavy atom. The number of H-pyrrole nitrogens is 2. The number of nitrogen functional groups attached to an aromatic ring is 1. The van der Waals surface area contributed by atoms with Crippen molar-refractivity contribution in [1.29, 1.82) is 0 Å². The van der Waals surface area contributed by atoms with Gasteiger partial charge in [0, 0.05) is 23.4 Å². The zero-order valence-corrected chi connectivity index (χ0v) is 15.9. The van der Waals surface area contributed by atoms with Gasteiger partial charge in [-0.05, 0) is 62.0 Å². The average molecular weight is 378 g/mol. The number of hydrogen-bond donors (Lipinski definition) is 3. The third-order valence-corrected chi connectivity index (χ3v) is 6.06. The van der Waals surface area contributed by atoms with E-state index < -0.39 is 5.69 Å². The number of pyridine rings is 1. The van der Waals surface area contributed by atoms with Crippen LogP contribution in [0.15, 0.2) is 52.1 Å². The molecule has 1 unspecified atom stereocenters. The number of rotatable bonds is 4. The topological polar surface area (TPSA) is 105 Å². The smallest absolute Gasteiger partial charge is 0.325 e. The van der Waals surface area contributed by atoms with Crippen LogP contribution in [-0.2, 0) is 6.42 Å². The van der Waals surface area contributed by atoms with Crippen molar-refractivity contribution in [2.24, 2.45) is 11.8 Å². The van der Waals surface area contributed by atoms with Gasteiger partial charge in [-0.1, -0.05) is 30.4 Å². The van der Waals surface area contributed by atoms with Gasteiger partial charge in [0.1, 0.15) is 5.82 Å². The van der Waals surface area contributed by atoms with Gasteiger partial charge in [-0.2, -0.15) is 0 Å². The minimum atomic E-state index is -0.438. The monoisotopic (exact) mass is 378 g/mol. The summed E-state index contributed by atoms with van der Waals surface area (Å²) in [7, 11) is 0. The molecule has 6 nitrogen and oxygen atoms in total. The molecule has 0 saturated heterocycles. The summed E-state index contributed by atoms with van der Waals surface area (Å²) in [6.45, 7) is 0. The largest absolute Gasteiger partial charge is 0.384 e. The number of nitrogens with two attached hydrogens (primary N) is 1. The van der Waals surface area contributed by atoms with Gasteiger partial charge in [0.25, 0.3) is 5.56 Å². The highest BCUT2D eigenvalue weighted by Gasteiger charge is 2.29. The van der Waals surface area contributed by atoms with Crippen LogP contribution >= 0.6 is 0 Å². The molecular weight excluding hydrogens is 352 g/mol. The molecule has 4 N–H and O–H groups in total. The van der Waals surface area contributed by atoms with Gasteiger partial charge in [0.15, 0.2) is 0 Å². The van der Waals surface area contributed by atoms with Gasteiger partial charge >= 0.3 is 5.69 Å². The second-order valence-corrected chi connectivity index (χ2v) is 7.86. The molecule has 2 aromatic heterocycles. The van der Waals surface area contributed by atoms with Gasteiger partial charge in [0.05, 0.1) is 0 Å². The molecule has 2 aliphatic carbocycles. The molecule has 146 valence electrons. The Morgan fingerprint density at radius 2 is 1.89 bits per heavy atom. The molecule has 2 heterocycles. The lowest BCUT2D eigenvalue weighted by molar-refractivity contribution is 0.262. The maximum Gasteiger partial charge on any atom is 0.325 e. The van der Waals surface area contributed by atoms with Crippen molar-refractivity contribution in [2.45, 2.75) is 44.4 Å². The van der Waals surface area contributed by atoms with Crippen LogP contribution in [0.5, 0.6) is 0 Å². The van der Waals surface area contributed by atoms with E-state index >= 15 is 0 Å². The molecule has 0 spiro atoms. The Bertz CT molecular complexity index is 1010. The summed E-state index contributed by atoms with van der Waals surface area (Å²) in [5, 5.41) is 0. The molecule has 1 atom stereocenters. The summed E-state index contributed by atoms with van der Waals surface area (Å²) < 4.78 is 0. The first-order valence-electron chi connectivity index (χ1n) is 10.0. The molecule has 2 aliphatic rings. The highest BCUT2D eigenvalue weighted by atomic mass is 16.2. The molecule has 0 amide bonds. The summed E-state index contributed by atoms with van der Waals surface area (Å²) in [5.41, 5.74) is 7.11. The molecule has 4 rings (SSSR count). The van der Waals surface area contributed by atoms with Crippen LogP contribution in [-0.4, -0.2) is 15.0 Å². The van der Waals surface area contributed by atoms with Crippen LogP contribution in [0.2, 0.25) is 0 Å². The zero-order chi connectivity index (χ0) is 19.5. The van der Waals surface area contributed by atoms with Crippen LogP contribution in [0, 0.1) is 11.8 Å². The fourth-order valence-corrected chi connectivity index (χ4v) is 4.62. The first-order chi connectivity index (χ1) is 13.6. The number of anilines is 1. The van der Waals surface area contributed by atoms with Crippen molar-refractivity contribution in [3.05, 3.63) is 80.3 Å². The number of nitrogens with one attached hydrogen (secondary N) is 2. The van der Waals surface area contributed by atoms with Crippen LogP contribution in [0.3, 0.4) is 0 Å². The molecule has 0 aliphatic heterocycles. The van der Waals surface area contributed by atoms with Crippen molar-refractivity contribution < 1.29 is 0 Å². The second-order valence-electron chi connectivity index (χ2n) is 7.86. The zero-order valence-electron chi connectivity index (χ0n) is 15.9. The van der Waals surface area contributed by atoms with Crippen LogP contribution in [0.25, 0.3) is 0 Å².